The molecule has 2 amide bonds. The molecule has 1 atom stereocenters. The van der Waals surface area contributed by atoms with Crippen molar-refractivity contribution in [2.24, 2.45) is 4.99 Å². The van der Waals surface area contributed by atoms with Gasteiger partial charge in [-0.1, -0.05) is 36.4 Å². The van der Waals surface area contributed by atoms with E-state index in [2.05, 4.69) is 39.9 Å². The first kappa shape index (κ1) is 18.2. The highest BCUT2D eigenvalue weighted by Gasteiger charge is 2.34. The standard InChI is InChI=1S/C22H24N4O2/c1-23-22(25-17-11-10-15-6-2-3-7-16(15)14-17)24-12-13-26-20(27)18-8-4-5-9-19(18)21(26)28/h2-9,17H,10-14H2,1H3,(H2,23,24,25). The van der Waals surface area contributed by atoms with Gasteiger partial charge in [0.05, 0.1) is 11.1 Å². The van der Waals surface area contributed by atoms with E-state index in [1.807, 2.05) is 0 Å². The van der Waals surface area contributed by atoms with Gasteiger partial charge in [0.1, 0.15) is 0 Å². The van der Waals surface area contributed by atoms with Crippen LogP contribution in [0, 0.1) is 0 Å². The third kappa shape index (κ3) is 3.50. The lowest BCUT2D eigenvalue weighted by Gasteiger charge is -2.27. The third-order valence-electron chi connectivity index (χ3n) is 5.42. The first-order valence-corrected chi connectivity index (χ1v) is 9.66. The van der Waals surface area contributed by atoms with Crippen molar-refractivity contribution in [3.8, 4) is 0 Å². The lowest BCUT2D eigenvalue weighted by molar-refractivity contribution is 0.0657. The van der Waals surface area contributed by atoms with Crippen molar-refractivity contribution >= 4 is 17.8 Å². The van der Waals surface area contributed by atoms with Crippen molar-refractivity contribution in [1.29, 1.82) is 0 Å². The zero-order valence-electron chi connectivity index (χ0n) is 15.9. The van der Waals surface area contributed by atoms with Gasteiger partial charge in [-0.15, -0.1) is 0 Å². The smallest absolute Gasteiger partial charge is 0.261 e. The average molecular weight is 376 g/mol. The Balaban J connectivity index is 1.30. The van der Waals surface area contributed by atoms with Crippen LogP contribution in [0.5, 0.6) is 0 Å². The minimum absolute atomic E-state index is 0.228. The predicted octanol–water partition coefficient (Wildman–Crippen LogP) is 2.01. The molecule has 2 aliphatic rings. The van der Waals surface area contributed by atoms with Crippen LogP contribution in [-0.4, -0.2) is 48.9 Å². The number of nitrogens with one attached hydrogen (secondary N) is 2. The fourth-order valence-electron chi connectivity index (χ4n) is 3.94. The number of hydrogen-bond acceptors (Lipinski definition) is 3. The molecular formula is C22H24N4O2. The molecule has 0 radical (unpaired) electrons. The maximum atomic E-state index is 12.4. The third-order valence-corrected chi connectivity index (χ3v) is 5.42. The fraction of sp³-hybridized carbons (Fsp3) is 0.318. The number of nitrogens with zero attached hydrogens (tertiary/aromatic N) is 2. The maximum Gasteiger partial charge on any atom is 0.261 e. The molecule has 0 fully saturated rings. The van der Waals surface area contributed by atoms with E-state index in [0.29, 0.717) is 36.2 Å². The zero-order valence-corrected chi connectivity index (χ0v) is 15.9. The summed E-state index contributed by atoms with van der Waals surface area (Å²) in [6, 6.07) is 15.8. The van der Waals surface area contributed by atoms with Crippen molar-refractivity contribution in [1.82, 2.24) is 15.5 Å². The molecule has 0 saturated heterocycles. The molecule has 0 aromatic heterocycles. The van der Waals surface area contributed by atoms with Gasteiger partial charge in [0.2, 0.25) is 0 Å². The minimum Gasteiger partial charge on any atom is -0.355 e. The molecule has 0 bridgehead atoms. The molecule has 1 heterocycles. The number of rotatable bonds is 4. The van der Waals surface area contributed by atoms with E-state index in [9.17, 15) is 9.59 Å². The summed E-state index contributed by atoms with van der Waals surface area (Å²) in [5.74, 6) is 0.240. The molecular weight excluding hydrogens is 352 g/mol. The van der Waals surface area contributed by atoms with Gasteiger partial charge >= 0.3 is 0 Å². The van der Waals surface area contributed by atoms with Crippen LogP contribution >= 0.6 is 0 Å². The van der Waals surface area contributed by atoms with Crippen LogP contribution < -0.4 is 10.6 Å². The number of benzene rings is 2. The number of aryl methyl sites for hydroxylation is 1. The Labute approximate surface area is 164 Å². The molecule has 28 heavy (non-hydrogen) atoms. The first-order chi connectivity index (χ1) is 13.7. The molecule has 6 heteroatoms. The summed E-state index contributed by atoms with van der Waals surface area (Å²) in [6.07, 6.45) is 3.07. The zero-order chi connectivity index (χ0) is 19.5. The molecule has 4 rings (SSSR count). The van der Waals surface area contributed by atoms with Crippen LogP contribution in [0.3, 0.4) is 0 Å². The Kier molecular flexibility index (Phi) is 5.10. The van der Waals surface area contributed by atoms with Crippen LogP contribution in [0.15, 0.2) is 53.5 Å². The number of fused-ring (bicyclic) bond motifs is 2. The fourth-order valence-corrected chi connectivity index (χ4v) is 3.94. The number of aliphatic imine (C=N–C) groups is 1. The highest BCUT2D eigenvalue weighted by atomic mass is 16.2. The number of carbonyl (C=O) groups is 2. The molecule has 1 unspecified atom stereocenters. The summed E-state index contributed by atoms with van der Waals surface area (Å²) in [4.78, 5) is 30.4. The van der Waals surface area contributed by atoms with Gasteiger partial charge < -0.3 is 10.6 Å². The van der Waals surface area contributed by atoms with E-state index in [1.165, 1.54) is 16.0 Å². The lowest BCUT2D eigenvalue weighted by Crippen LogP contribution is -2.47. The number of imide groups is 1. The molecule has 144 valence electrons. The predicted molar refractivity (Wildman–Crippen MR) is 109 cm³/mol. The summed E-state index contributed by atoms with van der Waals surface area (Å²) in [5.41, 5.74) is 3.77. The highest BCUT2D eigenvalue weighted by Crippen LogP contribution is 2.22. The van der Waals surface area contributed by atoms with Crippen molar-refractivity contribution in [2.45, 2.75) is 25.3 Å². The van der Waals surface area contributed by atoms with Crippen molar-refractivity contribution in [3.05, 3.63) is 70.8 Å². The molecule has 0 saturated carbocycles. The SMILES string of the molecule is CN=C(NCCN1C(=O)c2ccccc2C1=O)NC1CCc2ccccc2C1. The van der Waals surface area contributed by atoms with E-state index in [1.54, 1.807) is 31.3 Å². The Morgan fingerprint density at radius 2 is 1.68 bits per heavy atom. The number of hydrogen-bond donors (Lipinski definition) is 2. The van der Waals surface area contributed by atoms with Gasteiger partial charge in [-0.25, -0.2) is 0 Å². The van der Waals surface area contributed by atoms with Crippen molar-refractivity contribution in [3.63, 3.8) is 0 Å². The Morgan fingerprint density at radius 1 is 1.04 bits per heavy atom. The van der Waals surface area contributed by atoms with Gasteiger partial charge in [-0.2, -0.15) is 0 Å². The molecule has 1 aliphatic carbocycles. The summed E-state index contributed by atoms with van der Waals surface area (Å²) in [6.45, 7) is 0.759. The quantitative estimate of drug-likeness (QED) is 0.486. The molecule has 6 nitrogen and oxygen atoms in total. The second kappa shape index (κ2) is 7.84. The topological polar surface area (TPSA) is 73.8 Å². The number of amides is 2. The van der Waals surface area contributed by atoms with Gasteiger partial charge in [0, 0.05) is 26.2 Å². The molecule has 2 aromatic rings. The van der Waals surface area contributed by atoms with Crippen molar-refractivity contribution < 1.29 is 9.59 Å². The number of guanidine groups is 1. The highest BCUT2D eigenvalue weighted by molar-refractivity contribution is 6.21. The van der Waals surface area contributed by atoms with Gasteiger partial charge in [-0.05, 0) is 42.5 Å². The average Bonchev–Trinajstić information content (AvgIpc) is 2.98. The second-order valence-corrected chi connectivity index (χ2v) is 7.16. The van der Waals surface area contributed by atoms with E-state index in [-0.39, 0.29) is 11.8 Å². The van der Waals surface area contributed by atoms with Crippen LogP contribution in [0.1, 0.15) is 38.3 Å². The molecule has 1 aliphatic heterocycles. The Bertz CT molecular complexity index is 903. The van der Waals surface area contributed by atoms with Crippen molar-refractivity contribution in [2.75, 3.05) is 20.1 Å². The van der Waals surface area contributed by atoms with Crippen LogP contribution in [-0.2, 0) is 12.8 Å². The molecule has 2 aromatic carbocycles. The van der Waals surface area contributed by atoms with Gasteiger partial charge in [-0.3, -0.25) is 19.5 Å². The van der Waals surface area contributed by atoms with Crippen LogP contribution in [0.25, 0.3) is 0 Å². The lowest BCUT2D eigenvalue weighted by atomic mass is 9.88. The van der Waals surface area contributed by atoms with Crippen LogP contribution in [0.4, 0.5) is 0 Å². The monoisotopic (exact) mass is 376 g/mol. The molecule has 2 N–H and O–H groups in total. The van der Waals surface area contributed by atoms with Crippen LogP contribution in [0.2, 0.25) is 0 Å². The largest absolute Gasteiger partial charge is 0.355 e. The normalized spacial score (nSPS) is 18.7. The summed E-state index contributed by atoms with van der Waals surface area (Å²) < 4.78 is 0. The van der Waals surface area contributed by atoms with E-state index in [0.717, 1.165) is 19.3 Å². The van der Waals surface area contributed by atoms with E-state index in [4.69, 9.17) is 0 Å². The number of carbonyl (C=O) groups excluding carboxylic acids is 2. The summed E-state index contributed by atoms with van der Waals surface area (Å²) in [7, 11) is 1.73. The minimum atomic E-state index is -0.228. The Hall–Kier alpha value is -3.15. The first-order valence-electron chi connectivity index (χ1n) is 9.66. The Morgan fingerprint density at radius 3 is 2.36 bits per heavy atom. The second-order valence-electron chi connectivity index (χ2n) is 7.16. The van der Waals surface area contributed by atoms with E-state index >= 15 is 0 Å². The van der Waals surface area contributed by atoms with Gasteiger partial charge in [0.25, 0.3) is 11.8 Å². The van der Waals surface area contributed by atoms with Gasteiger partial charge in [0.15, 0.2) is 5.96 Å². The maximum absolute atomic E-state index is 12.4. The summed E-state index contributed by atoms with van der Waals surface area (Å²) >= 11 is 0. The molecule has 0 spiro atoms. The summed E-state index contributed by atoms with van der Waals surface area (Å²) in [5, 5.41) is 6.69. The van der Waals surface area contributed by atoms with E-state index < -0.39 is 0 Å².